The molecule has 31 heavy (non-hydrogen) atoms. The first-order chi connectivity index (χ1) is 15.0. The van der Waals surface area contributed by atoms with Crippen molar-refractivity contribution in [2.45, 2.75) is 6.42 Å². The lowest BCUT2D eigenvalue weighted by molar-refractivity contribution is -0.115. The van der Waals surface area contributed by atoms with Crippen LogP contribution >= 0.6 is 11.6 Å². The SMILES string of the molecule is O=C(Cc1c[nH]c2ccccc12)Nc1ccc(N2C(=O)c3ccccc3C2=O)c(Cl)c1. The number of aromatic nitrogens is 1. The number of H-pyrrole nitrogens is 1. The Balaban J connectivity index is 1.35. The maximum Gasteiger partial charge on any atom is 0.266 e. The zero-order valence-corrected chi connectivity index (χ0v) is 16.9. The molecule has 7 heteroatoms. The first-order valence-electron chi connectivity index (χ1n) is 9.65. The van der Waals surface area contributed by atoms with E-state index in [2.05, 4.69) is 10.3 Å². The predicted octanol–water partition coefficient (Wildman–Crippen LogP) is 4.80. The topological polar surface area (TPSA) is 82.3 Å². The Hall–Kier alpha value is -3.90. The van der Waals surface area contributed by atoms with Crippen LogP contribution in [0.4, 0.5) is 11.4 Å². The molecule has 0 atom stereocenters. The molecule has 6 nitrogen and oxygen atoms in total. The second-order valence-corrected chi connectivity index (χ2v) is 7.65. The number of imide groups is 1. The Morgan fingerprint density at radius 2 is 1.61 bits per heavy atom. The maximum atomic E-state index is 12.7. The van der Waals surface area contributed by atoms with Gasteiger partial charge in [0.15, 0.2) is 0 Å². The van der Waals surface area contributed by atoms with Crippen molar-refractivity contribution in [3.63, 3.8) is 0 Å². The van der Waals surface area contributed by atoms with Crippen LogP contribution in [0.5, 0.6) is 0 Å². The highest BCUT2D eigenvalue weighted by atomic mass is 35.5. The Morgan fingerprint density at radius 3 is 2.32 bits per heavy atom. The number of hydrogen-bond acceptors (Lipinski definition) is 3. The molecule has 1 aromatic heterocycles. The molecule has 3 aromatic carbocycles. The lowest BCUT2D eigenvalue weighted by atomic mass is 10.1. The minimum absolute atomic E-state index is 0.194. The first-order valence-corrected chi connectivity index (χ1v) is 10.0. The summed E-state index contributed by atoms with van der Waals surface area (Å²) >= 11 is 6.38. The van der Waals surface area contributed by atoms with Crippen LogP contribution in [0.1, 0.15) is 26.3 Å². The Bertz CT molecular complexity index is 1340. The fourth-order valence-corrected chi connectivity index (χ4v) is 4.10. The summed E-state index contributed by atoms with van der Waals surface area (Å²) in [4.78, 5) is 42.1. The number of benzene rings is 3. The number of para-hydroxylation sites is 1. The molecule has 3 amide bonds. The quantitative estimate of drug-likeness (QED) is 0.457. The lowest BCUT2D eigenvalue weighted by Crippen LogP contribution is -2.29. The molecule has 152 valence electrons. The third-order valence-electron chi connectivity index (χ3n) is 5.29. The van der Waals surface area contributed by atoms with Gasteiger partial charge in [-0.15, -0.1) is 0 Å². The lowest BCUT2D eigenvalue weighted by Gasteiger charge is -2.16. The Morgan fingerprint density at radius 1 is 0.935 bits per heavy atom. The highest BCUT2D eigenvalue weighted by Gasteiger charge is 2.37. The summed E-state index contributed by atoms with van der Waals surface area (Å²) in [6.07, 6.45) is 2.02. The molecule has 0 fully saturated rings. The van der Waals surface area contributed by atoms with Crippen molar-refractivity contribution >= 4 is 51.6 Å². The average molecular weight is 430 g/mol. The summed E-state index contributed by atoms with van der Waals surface area (Å²) in [5.74, 6) is -1.04. The van der Waals surface area contributed by atoms with Gasteiger partial charge in [0, 0.05) is 22.8 Å². The van der Waals surface area contributed by atoms with Crippen molar-refractivity contribution in [1.29, 1.82) is 0 Å². The van der Waals surface area contributed by atoms with Crippen LogP contribution in [0.3, 0.4) is 0 Å². The number of hydrogen-bond donors (Lipinski definition) is 2. The van der Waals surface area contributed by atoms with Crippen molar-refractivity contribution in [3.05, 3.63) is 94.6 Å². The maximum absolute atomic E-state index is 12.7. The van der Waals surface area contributed by atoms with Crippen molar-refractivity contribution in [2.24, 2.45) is 0 Å². The van der Waals surface area contributed by atoms with Crippen molar-refractivity contribution in [2.75, 3.05) is 10.2 Å². The van der Waals surface area contributed by atoms with Crippen LogP contribution in [0.15, 0.2) is 72.9 Å². The smallest absolute Gasteiger partial charge is 0.266 e. The van der Waals surface area contributed by atoms with Gasteiger partial charge in [-0.05, 0) is 42.0 Å². The first kappa shape index (κ1) is 19.1. The molecule has 0 spiro atoms. The Kier molecular flexibility index (Phi) is 4.56. The van der Waals surface area contributed by atoms with E-state index in [4.69, 9.17) is 11.6 Å². The summed E-state index contributed by atoms with van der Waals surface area (Å²) in [7, 11) is 0. The number of nitrogens with one attached hydrogen (secondary N) is 2. The van der Waals surface area contributed by atoms with E-state index in [1.807, 2.05) is 30.5 Å². The molecule has 0 unspecified atom stereocenters. The van der Waals surface area contributed by atoms with Gasteiger partial charge < -0.3 is 10.3 Å². The molecule has 0 saturated heterocycles. The van der Waals surface area contributed by atoms with E-state index in [9.17, 15) is 14.4 Å². The van der Waals surface area contributed by atoms with Gasteiger partial charge in [-0.3, -0.25) is 14.4 Å². The molecular formula is C24H16ClN3O3. The zero-order valence-electron chi connectivity index (χ0n) is 16.2. The molecule has 1 aliphatic rings. The van der Waals surface area contributed by atoms with Crippen LogP contribution in [0, 0.1) is 0 Å². The predicted molar refractivity (Wildman–Crippen MR) is 120 cm³/mol. The molecular weight excluding hydrogens is 414 g/mol. The van der Waals surface area contributed by atoms with Crippen LogP contribution in [0.2, 0.25) is 5.02 Å². The van der Waals surface area contributed by atoms with E-state index in [0.29, 0.717) is 16.8 Å². The monoisotopic (exact) mass is 429 g/mol. The largest absolute Gasteiger partial charge is 0.361 e. The highest BCUT2D eigenvalue weighted by Crippen LogP contribution is 2.34. The second kappa shape index (κ2) is 7.41. The number of halogens is 1. The van der Waals surface area contributed by atoms with Crippen LogP contribution in [-0.4, -0.2) is 22.7 Å². The second-order valence-electron chi connectivity index (χ2n) is 7.24. The molecule has 0 radical (unpaired) electrons. The summed E-state index contributed by atoms with van der Waals surface area (Å²) in [6, 6.07) is 19.1. The number of nitrogens with zero attached hydrogens (tertiary/aromatic N) is 1. The summed E-state index contributed by atoms with van der Waals surface area (Å²) < 4.78 is 0. The van der Waals surface area contributed by atoms with Crippen LogP contribution in [0.25, 0.3) is 10.9 Å². The summed E-state index contributed by atoms with van der Waals surface area (Å²) in [5, 5.41) is 4.01. The number of fused-ring (bicyclic) bond motifs is 2. The fraction of sp³-hybridized carbons (Fsp3) is 0.0417. The van der Waals surface area contributed by atoms with Crippen molar-refractivity contribution in [1.82, 2.24) is 4.98 Å². The van der Waals surface area contributed by atoms with E-state index in [1.54, 1.807) is 36.4 Å². The fourth-order valence-electron chi connectivity index (χ4n) is 3.83. The van der Waals surface area contributed by atoms with Gasteiger partial charge >= 0.3 is 0 Å². The van der Waals surface area contributed by atoms with Gasteiger partial charge in [-0.1, -0.05) is 41.9 Å². The molecule has 4 aromatic rings. The summed E-state index contributed by atoms with van der Waals surface area (Å²) in [6.45, 7) is 0. The molecule has 2 heterocycles. The van der Waals surface area contributed by atoms with Gasteiger partial charge in [-0.2, -0.15) is 0 Å². The molecule has 2 N–H and O–H groups in total. The molecule has 1 aliphatic heterocycles. The van der Waals surface area contributed by atoms with Gasteiger partial charge in [0.1, 0.15) is 0 Å². The van der Waals surface area contributed by atoms with Crippen LogP contribution in [-0.2, 0) is 11.2 Å². The number of rotatable bonds is 4. The van der Waals surface area contributed by atoms with Gasteiger partial charge in [0.2, 0.25) is 5.91 Å². The van der Waals surface area contributed by atoms with Crippen molar-refractivity contribution < 1.29 is 14.4 Å². The normalized spacial score (nSPS) is 13.0. The zero-order chi connectivity index (χ0) is 21.5. The van der Waals surface area contributed by atoms with E-state index in [1.165, 1.54) is 6.07 Å². The van der Waals surface area contributed by atoms with Crippen LogP contribution < -0.4 is 10.2 Å². The van der Waals surface area contributed by atoms with E-state index < -0.39 is 11.8 Å². The Labute approximate surface area is 182 Å². The standard InChI is InChI=1S/C24H16ClN3O3/c25-19-12-15(27-22(29)11-14-13-26-20-8-4-3-5-16(14)20)9-10-21(19)28-23(30)17-6-1-2-7-18(17)24(28)31/h1-10,12-13,26H,11H2,(H,27,29). The highest BCUT2D eigenvalue weighted by molar-refractivity contribution is 6.40. The van der Waals surface area contributed by atoms with E-state index in [-0.39, 0.29) is 23.0 Å². The third kappa shape index (κ3) is 3.27. The molecule has 5 rings (SSSR count). The van der Waals surface area contributed by atoms with Gasteiger partial charge in [-0.25, -0.2) is 4.90 Å². The van der Waals surface area contributed by atoms with Gasteiger partial charge in [0.05, 0.1) is 28.3 Å². The number of anilines is 2. The average Bonchev–Trinajstić information content (AvgIpc) is 3.28. The number of amides is 3. The number of carbonyl (C=O) groups is 3. The third-order valence-corrected chi connectivity index (χ3v) is 5.60. The van der Waals surface area contributed by atoms with Gasteiger partial charge in [0.25, 0.3) is 11.8 Å². The number of carbonyl (C=O) groups excluding carboxylic acids is 3. The summed E-state index contributed by atoms with van der Waals surface area (Å²) in [5.41, 5.74) is 3.32. The number of aromatic amines is 1. The van der Waals surface area contributed by atoms with E-state index in [0.717, 1.165) is 21.4 Å². The minimum atomic E-state index is -0.418. The molecule has 0 aliphatic carbocycles. The van der Waals surface area contributed by atoms with Crippen molar-refractivity contribution in [3.8, 4) is 0 Å². The minimum Gasteiger partial charge on any atom is -0.361 e. The molecule has 0 saturated carbocycles. The van der Waals surface area contributed by atoms with E-state index >= 15 is 0 Å². The molecule has 0 bridgehead atoms.